The molecule has 0 saturated heterocycles. The van der Waals surface area contributed by atoms with Crippen LogP contribution in [0.2, 0.25) is 5.15 Å². The van der Waals surface area contributed by atoms with Crippen LogP contribution in [0.1, 0.15) is 11.3 Å². The third-order valence-electron chi connectivity index (χ3n) is 2.45. The van der Waals surface area contributed by atoms with Gasteiger partial charge < -0.3 is 0 Å². The second kappa shape index (κ2) is 5.64. The van der Waals surface area contributed by atoms with Crippen LogP contribution in [-0.2, 0) is 16.6 Å². The summed E-state index contributed by atoms with van der Waals surface area (Å²) in [7, 11) is -3.59. The van der Waals surface area contributed by atoms with E-state index < -0.39 is 10.0 Å². The molecule has 0 saturated carbocycles. The highest BCUT2D eigenvalue weighted by molar-refractivity contribution is 7.89. The van der Waals surface area contributed by atoms with Gasteiger partial charge in [0.15, 0.2) is 0 Å². The fourth-order valence-corrected chi connectivity index (χ4v) is 2.69. The van der Waals surface area contributed by atoms with Crippen LogP contribution in [-0.4, -0.2) is 18.4 Å². The number of aryl methyl sites for hydroxylation is 1. The van der Waals surface area contributed by atoms with Crippen LogP contribution in [0.15, 0.2) is 41.6 Å². The molecule has 0 aliphatic heterocycles. The summed E-state index contributed by atoms with van der Waals surface area (Å²) in [6.07, 6.45) is 2.99. The zero-order valence-electron chi connectivity index (χ0n) is 10.2. The highest BCUT2D eigenvalue weighted by Crippen LogP contribution is 2.13. The first-order valence-corrected chi connectivity index (χ1v) is 7.36. The molecule has 0 radical (unpaired) electrons. The van der Waals surface area contributed by atoms with Crippen molar-refractivity contribution in [1.29, 1.82) is 0 Å². The molecule has 19 heavy (non-hydrogen) atoms. The van der Waals surface area contributed by atoms with Gasteiger partial charge in [-0.25, -0.2) is 18.1 Å². The number of nitrogens with one attached hydrogen (secondary N) is 1. The summed E-state index contributed by atoms with van der Waals surface area (Å²) in [6, 6.07) is 6.34. The molecule has 0 amide bonds. The maximum Gasteiger partial charge on any atom is 0.241 e. The van der Waals surface area contributed by atoms with Crippen molar-refractivity contribution in [3.8, 4) is 0 Å². The Morgan fingerprint density at radius 1 is 1.26 bits per heavy atom. The third kappa shape index (κ3) is 3.73. The molecular weight excluding hydrogens is 286 g/mol. The van der Waals surface area contributed by atoms with Crippen molar-refractivity contribution in [2.45, 2.75) is 18.4 Å². The average Bonchev–Trinajstić information content (AvgIpc) is 2.38. The molecule has 1 N–H and O–H groups in total. The summed E-state index contributed by atoms with van der Waals surface area (Å²) in [5, 5.41) is 0.139. The molecule has 100 valence electrons. The van der Waals surface area contributed by atoms with E-state index >= 15 is 0 Å². The average molecular weight is 298 g/mol. The predicted molar refractivity (Wildman–Crippen MR) is 72.2 cm³/mol. The Kier molecular flexibility index (Phi) is 4.14. The lowest BCUT2D eigenvalue weighted by Crippen LogP contribution is -2.23. The number of sulfonamides is 1. The summed E-state index contributed by atoms with van der Waals surface area (Å²) in [5.74, 6) is 0. The Morgan fingerprint density at radius 2 is 2.05 bits per heavy atom. The molecule has 2 aromatic heterocycles. The Labute approximate surface area is 116 Å². The van der Waals surface area contributed by atoms with Gasteiger partial charge in [-0.2, -0.15) is 0 Å². The van der Waals surface area contributed by atoms with Crippen LogP contribution in [0.5, 0.6) is 0 Å². The van der Waals surface area contributed by atoms with Gasteiger partial charge in [-0.1, -0.05) is 17.7 Å². The van der Waals surface area contributed by atoms with E-state index in [0.29, 0.717) is 0 Å². The summed E-state index contributed by atoms with van der Waals surface area (Å²) >= 11 is 5.67. The van der Waals surface area contributed by atoms with Crippen molar-refractivity contribution >= 4 is 21.6 Å². The quantitative estimate of drug-likeness (QED) is 0.875. The van der Waals surface area contributed by atoms with Gasteiger partial charge in [0.05, 0.1) is 4.90 Å². The van der Waals surface area contributed by atoms with E-state index in [1.807, 2.05) is 19.1 Å². The van der Waals surface area contributed by atoms with Gasteiger partial charge in [0, 0.05) is 24.6 Å². The van der Waals surface area contributed by atoms with Crippen molar-refractivity contribution < 1.29 is 8.42 Å². The summed E-state index contributed by atoms with van der Waals surface area (Å²) in [4.78, 5) is 7.94. The van der Waals surface area contributed by atoms with Crippen molar-refractivity contribution in [3.63, 3.8) is 0 Å². The standard InChI is InChI=1S/C12H12ClN3O2S/c1-9-2-3-10(7-15-9)8-16-19(17,18)11-4-5-14-12(13)6-11/h2-7,16H,8H2,1H3. The number of rotatable bonds is 4. The minimum Gasteiger partial charge on any atom is -0.261 e. The third-order valence-corrected chi connectivity index (χ3v) is 4.05. The van der Waals surface area contributed by atoms with E-state index in [1.54, 1.807) is 6.20 Å². The monoisotopic (exact) mass is 297 g/mol. The molecule has 0 fully saturated rings. The van der Waals surface area contributed by atoms with E-state index in [4.69, 9.17) is 11.6 Å². The second-order valence-electron chi connectivity index (χ2n) is 3.95. The van der Waals surface area contributed by atoms with E-state index in [-0.39, 0.29) is 16.6 Å². The lowest BCUT2D eigenvalue weighted by Gasteiger charge is -2.06. The normalized spacial score (nSPS) is 11.5. The Morgan fingerprint density at radius 3 is 2.68 bits per heavy atom. The number of aromatic nitrogens is 2. The molecule has 0 atom stereocenters. The molecule has 7 heteroatoms. The highest BCUT2D eigenvalue weighted by Gasteiger charge is 2.14. The first-order valence-electron chi connectivity index (χ1n) is 5.50. The number of hydrogen-bond acceptors (Lipinski definition) is 4. The van der Waals surface area contributed by atoms with Gasteiger partial charge in [0.1, 0.15) is 5.15 Å². The zero-order valence-corrected chi connectivity index (χ0v) is 11.7. The number of halogens is 1. The van der Waals surface area contributed by atoms with E-state index in [0.717, 1.165) is 11.3 Å². The number of pyridine rings is 2. The van der Waals surface area contributed by atoms with Gasteiger partial charge in [-0.3, -0.25) is 4.98 Å². The van der Waals surface area contributed by atoms with Crippen LogP contribution in [0, 0.1) is 6.92 Å². The predicted octanol–water partition coefficient (Wildman–Crippen LogP) is 1.92. The van der Waals surface area contributed by atoms with Crippen molar-refractivity contribution in [3.05, 3.63) is 53.1 Å². The largest absolute Gasteiger partial charge is 0.261 e. The fraction of sp³-hybridized carbons (Fsp3) is 0.167. The molecule has 0 bridgehead atoms. The zero-order chi connectivity index (χ0) is 13.9. The van der Waals surface area contributed by atoms with Gasteiger partial charge in [0.2, 0.25) is 10.0 Å². The molecule has 0 aromatic carbocycles. The topological polar surface area (TPSA) is 72.0 Å². The molecule has 2 heterocycles. The van der Waals surface area contributed by atoms with Crippen molar-refractivity contribution in [2.24, 2.45) is 0 Å². The minimum absolute atomic E-state index is 0.0903. The molecule has 5 nitrogen and oxygen atoms in total. The SMILES string of the molecule is Cc1ccc(CNS(=O)(=O)c2ccnc(Cl)c2)cn1. The summed E-state index contributed by atoms with van der Waals surface area (Å²) in [6.45, 7) is 2.04. The van der Waals surface area contributed by atoms with Crippen LogP contribution >= 0.6 is 11.6 Å². The van der Waals surface area contributed by atoms with Crippen LogP contribution in [0.4, 0.5) is 0 Å². The highest BCUT2D eigenvalue weighted by atomic mass is 35.5. The van der Waals surface area contributed by atoms with E-state index in [2.05, 4.69) is 14.7 Å². The van der Waals surface area contributed by atoms with Gasteiger partial charge in [-0.15, -0.1) is 0 Å². The van der Waals surface area contributed by atoms with E-state index in [9.17, 15) is 8.42 Å². The second-order valence-corrected chi connectivity index (χ2v) is 6.10. The van der Waals surface area contributed by atoms with Gasteiger partial charge in [-0.05, 0) is 30.7 Å². The lowest BCUT2D eigenvalue weighted by molar-refractivity contribution is 0.581. The molecule has 0 spiro atoms. The molecule has 2 aromatic rings. The molecule has 0 aliphatic carbocycles. The van der Waals surface area contributed by atoms with Crippen LogP contribution in [0.25, 0.3) is 0 Å². The molecule has 0 aliphatic rings. The van der Waals surface area contributed by atoms with Crippen LogP contribution in [0.3, 0.4) is 0 Å². The van der Waals surface area contributed by atoms with Crippen molar-refractivity contribution in [2.75, 3.05) is 0 Å². The molecule has 0 unspecified atom stereocenters. The maximum atomic E-state index is 12.0. The first kappa shape index (κ1) is 13.9. The number of nitrogens with zero attached hydrogens (tertiary/aromatic N) is 2. The van der Waals surface area contributed by atoms with Gasteiger partial charge in [0.25, 0.3) is 0 Å². The maximum absolute atomic E-state index is 12.0. The Bertz CT molecular complexity index is 672. The summed E-state index contributed by atoms with van der Waals surface area (Å²) in [5.41, 5.74) is 1.67. The lowest BCUT2D eigenvalue weighted by atomic mass is 10.2. The molecule has 2 rings (SSSR count). The molecular formula is C12H12ClN3O2S. The Balaban J connectivity index is 2.12. The Hall–Kier alpha value is -1.50. The number of hydrogen-bond donors (Lipinski definition) is 1. The summed E-state index contributed by atoms with van der Waals surface area (Å²) < 4.78 is 26.5. The minimum atomic E-state index is -3.59. The van der Waals surface area contributed by atoms with Crippen molar-refractivity contribution in [1.82, 2.24) is 14.7 Å². The fourth-order valence-electron chi connectivity index (χ4n) is 1.42. The van der Waals surface area contributed by atoms with Gasteiger partial charge >= 0.3 is 0 Å². The first-order chi connectivity index (χ1) is 8.97. The smallest absolute Gasteiger partial charge is 0.241 e. The van der Waals surface area contributed by atoms with E-state index in [1.165, 1.54) is 18.3 Å². The van der Waals surface area contributed by atoms with Crippen LogP contribution < -0.4 is 4.72 Å².